The highest BCUT2D eigenvalue weighted by molar-refractivity contribution is 6.35. The van der Waals surface area contributed by atoms with E-state index in [0.29, 0.717) is 11.1 Å². The highest BCUT2D eigenvalue weighted by atomic mass is 35.5. The molecule has 1 aromatic carbocycles. The molecule has 1 nitrogen and oxygen atoms in total. The van der Waals surface area contributed by atoms with Crippen LogP contribution in [0.5, 0.6) is 0 Å². The van der Waals surface area contributed by atoms with Gasteiger partial charge >= 0.3 is 0 Å². The molecule has 1 unspecified atom stereocenters. The van der Waals surface area contributed by atoms with E-state index >= 15 is 0 Å². The Morgan fingerprint density at radius 2 is 1.94 bits per heavy atom. The topological polar surface area (TPSA) is 12.0 Å². The van der Waals surface area contributed by atoms with Gasteiger partial charge in [0.1, 0.15) is 0 Å². The fourth-order valence-electron chi connectivity index (χ4n) is 2.94. The quantitative estimate of drug-likeness (QED) is 0.799. The van der Waals surface area contributed by atoms with Crippen LogP contribution >= 0.6 is 23.2 Å². The lowest BCUT2D eigenvalue weighted by Crippen LogP contribution is -2.21. The van der Waals surface area contributed by atoms with Gasteiger partial charge in [-0.3, -0.25) is 0 Å². The minimum atomic E-state index is 0.345. The minimum Gasteiger partial charge on any atom is -0.313 e. The van der Waals surface area contributed by atoms with Gasteiger partial charge in [-0.25, -0.2) is 0 Å². The van der Waals surface area contributed by atoms with E-state index in [1.54, 1.807) is 0 Å². The van der Waals surface area contributed by atoms with Crippen LogP contribution in [0.25, 0.3) is 0 Å². The molecule has 0 bridgehead atoms. The maximum Gasteiger partial charge on any atom is 0.0468 e. The van der Waals surface area contributed by atoms with Crippen LogP contribution in [0.3, 0.4) is 0 Å². The highest BCUT2D eigenvalue weighted by Crippen LogP contribution is 2.34. The summed E-state index contributed by atoms with van der Waals surface area (Å²) in [4.78, 5) is 0. The molecular weight excluding hydrogens is 265 g/mol. The van der Waals surface area contributed by atoms with Gasteiger partial charge < -0.3 is 5.32 Å². The molecule has 2 rings (SSSR count). The smallest absolute Gasteiger partial charge is 0.0468 e. The summed E-state index contributed by atoms with van der Waals surface area (Å²) >= 11 is 12.2. The van der Waals surface area contributed by atoms with Crippen molar-refractivity contribution in [2.45, 2.75) is 44.6 Å². The van der Waals surface area contributed by atoms with Crippen molar-refractivity contribution < 1.29 is 0 Å². The number of halogens is 2. The van der Waals surface area contributed by atoms with Gasteiger partial charge in [0, 0.05) is 16.1 Å². The fourth-order valence-corrected chi connectivity index (χ4v) is 3.48. The highest BCUT2D eigenvalue weighted by Gasteiger charge is 2.20. The summed E-state index contributed by atoms with van der Waals surface area (Å²) in [5.74, 6) is 0.836. The van der Waals surface area contributed by atoms with E-state index in [2.05, 4.69) is 11.4 Å². The predicted molar refractivity (Wildman–Crippen MR) is 79.5 cm³/mol. The van der Waals surface area contributed by atoms with Gasteiger partial charge in [-0.05, 0) is 37.1 Å². The molecular formula is C15H21Cl2N. The van der Waals surface area contributed by atoms with Gasteiger partial charge in [0.25, 0.3) is 0 Å². The van der Waals surface area contributed by atoms with Gasteiger partial charge in [0.2, 0.25) is 0 Å². The van der Waals surface area contributed by atoms with Crippen molar-refractivity contribution in [3.05, 3.63) is 33.8 Å². The summed E-state index contributed by atoms with van der Waals surface area (Å²) in [5.41, 5.74) is 1.18. The molecule has 0 aromatic heterocycles. The van der Waals surface area contributed by atoms with E-state index in [0.717, 1.165) is 10.9 Å². The second-order valence-electron chi connectivity index (χ2n) is 5.25. The molecule has 0 spiro atoms. The van der Waals surface area contributed by atoms with E-state index in [1.807, 2.05) is 19.2 Å². The van der Waals surface area contributed by atoms with Crippen LogP contribution in [0.15, 0.2) is 18.2 Å². The second kappa shape index (κ2) is 6.79. The normalized spacial score (nSPS) is 18.8. The van der Waals surface area contributed by atoms with Gasteiger partial charge in [0.15, 0.2) is 0 Å². The number of nitrogens with one attached hydrogen (secondary N) is 1. The van der Waals surface area contributed by atoms with Crippen molar-refractivity contribution in [3.8, 4) is 0 Å². The molecule has 0 radical (unpaired) electrons. The van der Waals surface area contributed by atoms with Crippen LogP contribution in [0.4, 0.5) is 0 Å². The second-order valence-corrected chi connectivity index (χ2v) is 6.09. The first kappa shape index (κ1) is 14.2. The van der Waals surface area contributed by atoms with Crippen molar-refractivity contribution in [1.29, 1.82) is 0 Å². The summed E-state index contributed by atoms with van der Waals surface area (Å²) in [6.07, 6.45) is 8.08. The summed E-state index contributed by atoms with van der Waals surface area (Å²) in [5, 5.41) is 4.88. The number of rotatable bonds is 4. The average molecular weight is 286 g/mol. The molecule has 1 atom stereocenters. The molecule has 1 saturated carbocycles. The van der Waals surface area contributed by atoms with Crippen LogP contribution < -0.4 is 5.32 Å². The Bertz CT molecular complexity index is 386. The lowest BCUT2D eigenvalue weighted by atomic mass is 9.83. The molecule has 100 valence electrons. The molecule has 1 N–H and O–H groups in total. The summed E-state index contributed by atoms with van der Waals surface area (Å²) in [6, 6.07) is 6.16. The van der Waals surface area contributed by atoms with E-state index in [4.69, 9.17) is 23.2 Å². The SMILES string of the molecule is CNC(CC1CCCCC1)c1ccc(Cl)cc1Cl. The third kappa shape index (κ3) is 3.63. The molecule has 18 heavy (non-hydrogen) atoms. The van der Waals surface area contributed by atoms with Crippen LogP contribution in [0.1, 0.15) is 50.1 Å². The summed E-state index contributed by atoms with van der Waals surface area (Å²) in [7, 11) is 2.01. The Hall–Kier alpha value is -0.240. The van der Waals surface area contributed by atoms with E-state index in [1.165, 1.54) is 44.1 Å². The number of hydrogen-bond donors (Lipinski definition) is 1. The molecule has 0 saturated heterocycles. The first-order chi connectivity index (χ1) is 8.70. The Morgan fingerprint density at radius 1 is 1.22 bits per heavy atom. The van der Waals surface area contributed by atoms with Crippen molar-refractivity contribution >= 4 is 23.2 Å². The van der Waals surface area contributed by atoms with E-state index in [9.17, 15) is 0 Å². The average Bonchev–Trinajstić information content (AvgIpc) is 2.38. The molecule has 0 aliphatic heterocycles. The third-order valence-electron chi connectivity index (χ3n) is 3.98. The van der Waals surface area contributed by atoms with Crippen LogP contribution in [-0.2, 0) is 0 Å². The number of benzene rings is 1. The summed E-state index contributed by atoms with van der Waals surface area (Å²) in [6.45, 7) is 0. The molecule has 0 amide bonds. The lowest BCUT2D eigenvalue weighted by molar-refractivity contribution is 0.306. The van der Waals surface area contributed by atoms with Gasteiger partial charge in [-0.15, -0.1) is 0 Å². The van der Waals surface area contributed by atoms with Crippen molar-refractivity contribution in [2.24, 2.45) is 5.92 Å². The third-order valence-corrected chi connectivity index (χ3v) is 4.54. The van der Waals surface area contributed by atoms with Gasteiger partial charge in [0.05, 0.1) is 0 Å². The Balaban J connectivity index is 2.07. The Morgan fingerprint density at radius 3 is 2.56 bits per heavy atom. The maximum atomic E-state index is 6.30. The molecule has 1 fully saturated rings. The zero-order valence-electron chi connectivity index (χ0n) is 10.9. The van der Waals surface area contributed by atoms with Crippen LogP contribution in [0.2, 0.25) is 10.0 Å². The van der Waals surface area contributed by atoms with Gasteiger partial charge in [-0.2, -0.15) is 0 Å². The fraction of sp³-hybridized carbons (Fsp3) is 0.600. The molecule has 1 aliphatic carbocycles. The lowest BCUT2D eigenvalue weighted by Gasteiger charge is -2.27. The van der Waals surface area contributed by atoms with Crippen LogP contribution in [-0.4, -0.2) is 7.05 Å². The van der Waals surface area contributed by atoms with E-state index < -0.39 is 0 Å². The van der Waals surface area contributed by atoms with Crippen molar-refractivity contribution in [1.82, 2.24) is 5.32 Å². The maximum absolute atomic E-state index is 6.30. The molecule has 3 heteroatoms. The van der Waals surface area contributed by atoms with E-state index in [-0.39, 0.29) is 0 Å². The minimum absolute atomic E-state index is 0.345. The first-order valence-corrected chi connectivity index (χ1v) is 7.58. The molecule has 0 heterocycles. The van der Waals surface area contributed by atoms with Crippen molar-refractivity contribution in [3.63, 3.8) is 0 Å². The van der Waals surface area contributed by atoms with Crippen LogP contribution in [0, 0.1) is 5.92 Å². The first-order valence-electron chi connectivity index (χ1n) is 6.83. The van der Waals surface area contributed by atoms with Crippen molar-refractivity contribution in [2.75, 3.05) is 7.05 Å². The monoisotopic (exact) mass is 285 g/mol. The standard InChI is InChI=1S/C15H21Cl2N/c1-18-15(9-11-5-3-2-4-6-11)13-8-7-12(16)10-14(13)17/h7-8,10-11,15,18H,2-6,9H2,1H3. The molecule has 1 aromatic rings. The number of hydrogen-bond acceptors (Lipinski definition) is 1. The molecule has 1 aliphatic rings. The zero-order valence-corrected chi connectivity index (χ0v) is 12.4. The zero-order chi connectivity index (χ0) is 13.0. The van der Waals surface area contributed by atoms with Gasteiger partial charge in [-0.1, -0.05) is 61.4 Å². The Labute approximate surface area is 120 Å². The summed E-state index contributed by atoms with van der Waals surface area (Å²) < 4.78 is 0. The Kier molecular flexibility index (Phi) is 5.35. The predicted octanol–water partition coefficient (Wildman–Crippen LogP) is 5.22. The largest absolute Gasteiger partial charge is 0.313 e.